The van der Waals surface area contributed by atoms with Crippen LogP contribution in [0.5, 0.6) is 0 Å². The normalized spacial score (nSPS) is 13.5. The summed E-state index contributed by atoms with van der Waals surface area (Å²) in [5.41, 5.74) is 2.93. The molecular formula is C11H13Cl. The molecule has 1 aromatic rings. The molecule has 0 aliphatic rings. The van der Waals surface area contributed by atoms with Gasteiger partial charge < -0.3 is 0 Å². The molecule has 0 aliphatic heterocycles. The molecule has 1 rings (SSSR count). The second-order valence-electron chi connectivity index (χ2n) is 2.74. The molecule has 0 saturated heterocycles. The Hall–Kier alpha value is -0.750. The SMILES string of the molecule is CC[C@H](/C=C\Cl)c1ccccc1. The second-order valence-corrected chi connectivity index (χ2v) is 3.00. The highest BCUT2D eigenvalue weighted by Crippen LogP contribution is 2.20. The van der Waals surface area contributed by atoms with Gasteiger partial charge in [-0.05, 0) is 12.0 Å². The first kappa shape index (κ1) is 9.34. The highest BCUT2D eigenvalue weighted by atomic mass is 35.5. The maximum Gasteiger partial charge on any atom is 0.00270 e. The van der Waals surface area contributed by atoms with E-state index in [1.807, 2.05) is 12.1 Å². The molecule has 1 heteroatoms. The lowest BCUT2D eigenvalue weighted by atomic mass is 9.97. The lowest BCUT2D eigenvalue weighted by molar-refractivity contribution is 0.806. The zero-order chi connectivity index (χ0) is 8.81. The quantitative estimate of drug-likeness (QED) is 0.661. The van der Waals surface area contributed by atoms with Crippen LogP contribution in [-0.2, 0) is 0 Å². The third-order valence-corrected chi connectivity index (χ3v) is 2.12. The van der Waals surface area contributed by atoms with Gasteiger partial charge in [0.1, 0.15) is 0 Å². The number of hydrogen-bond acceptors (Lipinski definition) is 0. The molecule has 0 spiro atoms. The first-order valence-corrected chi connectivity index (χ1v) is 4.64. The van der Waals surface area contributed by atoms with Crippen LogP contribution in [0.1, 0.15) is 24.8 Å². The van der Waals surface area contributed by atoms with Gasteiger partial charge in [0.2, 0.25) is 0 Å². The maximum absolute atomic E-state index is 5.54. The van der Waals surface area contributed by atoms with Crippen LogP contribution in [0.3, 0.4) is 0 Å². The summed E-state index contributed by atoms with van der Waals surface area (Å²) in [6.07, 6.45) is 3.12. The molecule has 0 N–H and O–H groups in total. The molecule has 1 aromatic carbocycles. The Morgan fingerprint density at radius 3 is 2.50 bits per heavy atom. The minimum atomic E-state index is 0.462. The second kappa shape index (κ2) is 5.00. The molecular weight excluding hydrogens is 168 g/mol. The fourth-order valence-electron chi connectivity index (χ4n) is 1.27. The van der Waals surface area contributed by atoms with Crippen LogP contribution >= 0.6 is 11.6 Å². The number of rotatable bonds is 3. The van der Waals surface area contributed by atoms with Crippen LogP contribution in [-0.4, -0.2) is 0 Å². The van der Waals surface area contributed by atoms with Gasteiger partial charge in [0.15, 0.2) is 0 Å². The molecule has 0 unspecified atom stereocenters. The lowest BCUT2D eigenvalue weighted by Crippen LogP contribution is -1.91. The fourth-order valence-corrected chi connectivity index (χ4v) is 1.45. The number of halogens is 1. The number of hydrogen-bond donors (Lipinski definition) is 0. The van der Waals surface area contributed by atoms with Gasteiger partial charge in [-0.1, -0.05) is 54.9 Å². The lowest BCUT2D eigenvalue weighted by Gasteiger charge is -2.08. The Labute approximate surface area is 78.9 Å². The van der Waals surface area contributed by atoms with E-state index >= 15 is 0 Å². The summed E-state index contributed by atoms with van der Waals surface area (Å²) in [4.78, 5) is 0. The van der Waals surface area contributed by atoms with Crippen molar-refractivity contribution >= 4 is 11.6 Å². The summed E-state index contributed by atoms with van der Waals surface area (Å²) in [6.45, 7) is 2.16. The van der Waals surface area contributed by atoms with Gasteiger partial charge in [-0.2, -0.15) is 0 Å². The zero-order valence-electron chi connectivity index (χ0n) is 7.20. The van der Waals surface area contributed by atoms with Crippen molar-refractivity contribution in [1.82, 2.24) is 0 Å². The highest BCUT2D eigenvalue weighted by Gasteiger charge is 2.02. The molecule has 0 fully saturated rings. The smallest absolute Gasteiger partial charge is 0.00270 e. The average molecular weight is 181 g/mol. The van der Waals surface area contributed by atoms with Gasteiger partial charge in [0.05, 0.1) is 0 Å². The van der Waals surface area contributed by atoms with Crippen molar-refractivity contribution in [2.45, 2.75) is 19.3 Å². The predicted octanol–water partition coefficient (Wildman–Crippen LogP) is 3.93. The van der Waals surface area contributed by atoms with Crippen LogP contribution < -0.4 is 0 Å². The minimum Gasteiger partial charge on any atom is -0.0933 e. The highest BCUT2D eigenvalue weighted by molar-refractivity contribution is 6.25. The first-order valence-electron chi connectivity index (χ1n) is 4.20. The topological polar surface area (TPSA) is 0 Å². The molecule has 0 aliphatic carbocycles. The van der Waals surface area contributed by atoms with E-state index in [4.69, 9.17) is 11.6 Å². The van der Waals surface area contributed by atoms with Crippen molar-refractivity contribution in [2.75, 3.05) is 0 Å². The van der Waals surface area contributed by atoms with Crippen molar-refractivity contribution < 1.29 is 0 Å². The van der Waals surface area contributed by atoms with E-state index in [-0.39, 0.29) is 0 Å². The summed E-state index contributed by atoms with van der Waals surface area (Å²) >= 11 is 5.54. The summed E-state index contributed by atoms with van der Waals surface area (Å²) in [7, 11) is 0. The van der Waals surface area contributed by atoms with Gasteiger partial charge in [-0.25, -0.2) is 0 Å². The molecule has 64 valence electrons. The predicted molar refractivity (Wildman–Crippen MR) is 54.5 cm³/mol. The molecule has 1 atom stereocenters. The summed E-state index contributed by atoms with van der Waals surface area (Å²) in [6, 6.07) is 10.4. The van der Waals surface area contributed by atoms with Crippen molar-refractivity contribution in [3.8, 4) is 0 Å². The molecule has 0 bridgehead atoms. The van der Waals surface area contributed by atoms with Gasteiger partial charge in [0, 0.05) is 11.5 Å². The van der Waals surface area contributed by atoms with Crippen LogP contribution in [0.2, 0.25) is 0 Å². The Balaban J connectivity index is 2.80. The summed E-state index contributed by atoms with van der Waals surface area (Å²) in [5, 5.41) is 0. The van der Waals surface area contributed by atoms with E-state index in [0.29, 0.717) is 5.92 Å². The standard InChI is InChI=1S/C11H13Cl/c1-2-10(8-9-12)11-6-4-3-5-7-11/h3-10H,2H2,1H3/b9-8-/t10-/m1/s1. The van der Waals surface area contributed by atoms with Crippen molar-refractivity contribution in [2.24, 2.45) is 0 Å². The maximum atomic E-state index is 5.54. The summed E-state index contributed by atoms with van der Waals surface area (Å²) < 4.78 is 0. The zero-order valence-corrected chi connectivity index (χ0v) is 7.96. The minimum absolute atomic E-state index is 0.462. The largest absolute Gasteiger partial charge is 0.0933 e. The van der Waals surface area contributed by atoms with Gasteiger partial charge >= 0.3 is 0 Å². The Morgan fingerprint density at radius 1 is 1.33 bits per heavy atom. The molecule has 0 saturated carbocycles. The molecule has 0 radical (unpaired) electrons. The van der Waals surface area contributed by atoms with E-state index in [1.54, 1.807) is 5.54 Å². The van der Waals surface area contributed by atoms with E-state index in [1.165, 1.54) is 5.56 Å². The van der Waals surface area contributed by atoms with Crippen LogP contribution in [0.25, 0.3) is 0 Å². The van der Waals surface area contributed by atoms with Crippen LogP contribution in [0.4, 0.5) is 0 Å². The molecule has 0 amide bonds. The molecule has 0 heterocycles. The number of benzene rings is 1. The van der Waals surface area contributed by atoms with Gasteiger partial charge in [0.25, 0.3) is 0 Å². The van der Waals surface area contributed by atoms with E-state index in [9.17, 15) is 0 Å². The van der Waals surface area contributed by atoms with Gasteiger partial charge in [-0.3, -0.25) is 0 Å². The molecule has 0 aromatic heterocycles. The van der Waals surface area contributed by atoms with E-state index in [2.05, 4.69) is 31.2 Å². The van der Waals surface area contributed by atoms with Gasteiger partial charge in [-0.15, -0.1) is 0 Å². The van der Waals surface area contributed by atoms with Crippen molar-refractivity contribution in [3.63, 3.8) is 0 Å². The Bertz CT molecular complexity index is 238. The Kier molecular flexibility index (Phi) is 3.89. The molecule has 0 nitrogen and oxygen atoms in total. The third-order valence-electron chi connectivity index (χ3n) is 1.97. The van der Waals surface area contributed by atoms with E-state index < -0.39 is 0 Å². The van der Waals surface area contributed by atoms with E-state index in [0.717, 1.165) is 6.42 Å². The van der Waals surface area contributed by atoms with Crippen molar-refractivity contribution in [3.05, 3.63) is 47.5 Å². The first-order chi connectivity index (χ1) is 5.88. The summed E-state index contributed by atoms with van der Waals surface area (Å²) in [5.74, 6) is 0.462. The third kappa shape index (κ3) is 2.38. The average Bonchev–Trinajstić information content (AvgIpc) is 2.15. The molecule has 12 heavy (non-hydrogen) atoms. The van der Waals surface area contributed by atoms with Crippen LogP contribution in [0, 0.1) is 0 Å². The van der Waals surface area contributed by atoms with Crippen molar-refractivity contribution in [1.29, 1.82) is 0 Å². The Morgan fingerprint density at radius 2 is 2.00 bits per heavy atom. The fraction of sp³-hybridized carbons (Fsp3) is 0.273. The monoisotopic (exact) mass is 180 g/mol. The number of allylic oxidation sites excluding steroid dienone is 1. The van der Waals surface area contributed by atoms with Crippen LogP contribution in [0.15, 0.2) is 41.9 Å².